The number of hydrogen-bond acceptors (Lipinski definition) is 3. The Balaban J connectivity index is 2.23. The van der Waals surface area contributed by atoms with Crippen molar-refractivity contribution in [3.05, 3.63) is 58.8 Å². The molecular formula is C16H17N3. The molecule has 1 aromatic carbocycles. The number of aromatic nitrogens is 1. The molecule has 0 radical (unpaired) electrons. The third-order valence-electron chi connectivity index (χ3n) is 3.09. The molecule has 0 aliphatic rings. The van der Waals surface area contributed by atoms with Crippen molar-refractivity contribution in [2.24, 2.45) is 0 Å². The van der Waals surface area contributed by atoms with Gasteiger partial charge in [0.05, 0.1) is 5.56 Å². The first-order valence-corrected chi connectivity index (χ1v) is 6.31. The molecule has 2 aromatic rings. The van der Waals surface area contributed by atoms with Gasteiger partial charge in [-0.05, 0) is 38.5 Å². The van der Waals surface area contributed by atoms with Gasteiger partial charge in [-0.25, -0.2) is 4.98 Å². The lowest BCUT2D eigenvalue weighted by Gasteiger charge is -2.16. The smallest absolute Gasteiger partial charge is 0.144 e. The molecule has 0 saturated carbocycles. The van der Waals surface area contributed by atoms with Gasteiger partial charge in [-0.15, -0.1) is 0 Å². The summed E-state index contributed by atoms with van der Waals surface area (Å²) in [6.07, 6.45) is 0. The van der Waals surface area contributed by atoms with Crippen LogP contribution < -0.4 is 5.32 Å². The number of pyridine rings is 1. The van der Waals surface area contributed by atoms with Crippen molar-refractivity contribution in [2.75, 3.05) is 5.32 Å². The van der Waals surface area contributed by atoms with Gasteiger partial charge in [-0.3, -0.25) is 0 Å². The molecule has 19 heavy (non-hydrogen) atoms. The highest BCUT2D eigenvalue weighted by atomic mass is 15.0. The quantitative estimate of drug-likeness (QED) is 0.904. The van der Waals surface area contributed by atoms with Crippen molar-refractivity contribution in [1.29, 1.82) is 5.26 Å². The van der Waals surface area contributed by atoms with Gasteiger partial charge in [0, 0.05) is 11.7 Å². The zero-order valence-corrected chi connectivity index (χ0v) is 11.4. The second-order valence-electron chi connectivity index (χ2n) is 4.74. The minimum Gasteiger partial charge on any atom is -0.362 e. The summed E-state index contributed by atoms with van der Waals surface area (Å²) in [6, 6.07) is 14.3. The third-order valence-corrected chi connectivity index (χ3v) is 3.09. The first-order valence-electron chi connectivity index (χ1n) is 6.31. The zero-order chi connectivity index (χ0) is 13.8. The van der Waals surface area contributed by atoms with Crippen LogP contribution in [0, 0.1) is 25.2 Å². The van der Waals surface area contributed by atoms with Gasteiger partial charge in [0.1, 0.15) is 11.9 Å². The predicted octanol–water partition coefficient (Wildman–Crippen LogP) is 3.74. The van der Waals surface area contributed by atoms with Gasteiger partial charge in [0.2, 0.25) is 0 Å². The molecule has 0 spiro atoms. The standard InChI is InChI=1S/C16H17N3/c1-11-4-7-14(8-5-11)13(3)19-16-15(10-17)9-6-12(2)18-16/h4-9,13H,1-3H3,(H,18,19). The monoisotopic (exact) mass is 251 g/mol. The van der Waals surface area contributed by atoms with Crippen molar-refractivity contribution in [1.82, 2.24) is 4.98 Å². The first-order chi connectivity index (χ1) is 9.10. The summed E-state index contributed by atoms with van der Waals surface area (Å²) in [7, 11) is 0. The minimum atomic E-state index is 0.113. The average Bonchev–Trinajstić information content (AvgIpc) is 2.39. The Hall–Kier alpha value is -2.34. The number of rotatable bonds is 3. The van der Waals surface area contributed by atoms with E-state index < -0.39 is 0 Å². The second kappa shape index (κ2) is 5.53. The van der Waals surface area contributed by atoms with Crippen LogP contribution in [0.1, 0.15) is 35.3 Å². The zero-order valence-electron chi connectivity index (χ0n) is 11.4. The molecule has 1 heterocycles. The molecule has 0 bridgehead atoms. The Labute approximate surface area is 113 Å². The maximum atomic E-state index is 9.10. The maximum absolute atomic E-state index is 9.10. The van der Waals surface area contributed by atoms with Crippen LogP contribution in [0.5, 0.6) is 0 Å². The van der Waals surface area contributed by atoms with Crippen LogP contribution in [-0.2, 0) is 0 Å². The fourth-order valence-electron chi connectivity index (χ4n) is 1.90. The average molecular weight is 251 g/mol. The molecule has 1 N–H and O–H groups in total. The summed E-state index contributed by atoms with van der Waals surface area (Å²) < 4.78 is 0. The van der Waals surface area contributed by atoms with E-state index in [4.69, 9.17) is 5.26 Å². The third kappa shape index (κ3) is 3.11. The van der Waals surface area contributed by atoms with Gasteiger partial charge < -0.3 is 5.32 Å². The van der Waals surface area contributed by atoms with Crippen LogP contribution in [0.15, 0.2) is 36.4 Å². The van der Waals surface area contributed by atoms with Crippen LogP contribution in [0.25, 0.3) is 0 Å². The van der Waals surface area contributed by atoms with E-state index in [0.717, 1.165) is 5.69 Å². The lowest BCUT2D eigenvalue weighted by molar-refractivity contribution is 0.870. The first kappa shape index (κ1) is 13.1. The summed E-state index contributed by atoms with van der Waals surface area (Å²) in [6.45, 7) is 6.05. The Morgan fingerprint density at radius 3 is 2.42 bits per heavy atom. The molecule has 3 nitrogen and oxygen atoms in total. The Bertz CT molecular complexity index is 609. The number of nitrogens with one attached hydrogen (secondary N) is 1. The second-order valence-corrected chi connectivity index (χ2v) is 4.74. The summed E-state index contributed by atoms with van der Waals surface area (Å²) in [5, 5.41) is 12.4. The van der Waals surface area contributed by atoms with Crippen LogP contribution in [-0.4, -0.2) is 4.98 Å². The Kier molecular flexibility index (Phi) is 3.82. The SMILES string of the molecule is Cc1ccc(C(C)Nc2nc(C)ccc2C#N)cc1. The molecule has 0 amide bonds. The lowest BCUT2D eigenvalue weighted by Crippen LogP contribution is -2.09. The van der Waals surface area contributed by atoms with Crippen molar-refractivity contribution in [3.63, 3.8) is 0 Å². The predicted molar refractivity (Wildman–Crippen MR) is 76.9 cm³/mol. The topological polar surface area (TPSA) is 48.7 Å². The molecule has 1 atom stereocenters. The Morgan fingerprint density at radius 2 is 1.79 bits per heavy atom. The number of benzene rings is 1. The van der Waals surface area contributed by atoms with E-state index in [0.29, 0.717) is 11.4 Å². The van der Waals surface area contributed by atoms with Gasteiger partial charge in [-0.1, -0.05) is 29.8 Å². The maximum Gasteiger partial charge on any atom is 0.144 e. The molecule has 0 saturated heterocycles. The largest absolute Gasteiger partial charge is 0.362 e. The van der Waals surface area contributed by atoms with E-state index in [2.05, 4.69) is 54.5 Å². The van der Waals surface area contributed by atoms with E-state index in [9.17, 15) is 0 Å². The molecule has 96 valence electrons. The van der Waals surface area contributed by atoms with Crippen molar-refractivity contribution in [2.45, 2.75) is 26.8 Å². The summed E-state index contributed by atoms with van der Waals surface area (Å²) in [5.74, 6) is 0.649. The number of anilines is 1. The number of hydrogen-bond donors (Lipinski definition) is 1. The molecule has 0 aliphatic carbocycles. The van der Waals surface area contributed by atoms with Crippen molar-refractivity contribution >= 4 is 5.82 Å². The Morgan fingerprint density at radius 1 is 1.11 bits per heavy atom. The molecule has 3 heteroatoms. The van der Waals surface area contributed by atoms with Crippen molar-refractivity contribution < 1.29 is 0 Å². The number of nitrogens with zero attached hydrogens (tertiary/aromatic N) is 2. The highest BCUT2D eigenvalue weighted by Gasteiger charge is 2.09. The van der Waals surface area contributed by atoms with E-state index in [1.807, 2.05) is 13.0 Å². The highest BCUT2D eigenvalue weighted by molar-refractivity contribution is 5.53. The fourth-order valence-corrected chi connectivity index (χ4v) is 1.90. The highest BCUT2D eigenvalue weighted by Crippen LogP contribution is 2.21. The van der Waals surface area contributed by atoms with Gasteiger partial charge in [-0.2, -0.15) is 5.26 Å². The number of nitriles is 1. The van der Waals surface area contributed by atoms with E-state index >= 15 is 0 Å². The molecule has 0 aliphatic heterocycles. The minimum absolute atomic E-state index is 0.113. The molecule has 1 unspecified atom stereocenters. The molecule has 0 fully saturated rings. The van der Waals surface area contributed by atoms with E-state index in [1.54, 1.807) is 6.07 Å². The number of aryl methyl sites for hydroxylation is 2. The molecule has 2 rings (SSSR count). The van der Waals surface area contributed by atoms with Crippen LogP contribution in [0.3, 0.4) is 0 Å². The summed E-state index contributed by atoms with van der Waals surface area (Å²) >= 11 is 0. The van der Waals surface area contributed by atoms with E-state index in [1.165, 1.54) is 11.1 Å². The molecule has 1 aromatic heterocycles. The summed E-state index contributed by atoms with van der Waals surface area (Å²) in [5.41, 5.74) is 3.89. The van der Waals surface area contributed by atoms with Crippen molar-refractivity contribution in [3.8, 4) is 6.07 Å². The summed E-state index contributed by atoms with van der Waals surface area (Å²) in [4.78, 5) is 4.39. The van der Waals surface area contributed by atoms with E-state index in [-0.39, 0.29) is 6.04 Å². The normalized spacial score (nSPS) is 11.7. The van der Waals surface area contributed by atoms with Gasteiger partial charge in [0.25, 0.3) is 0 Å². The van der Waals surface area contributed by atoms with Crippen LogP contribution in [0.2, 0.25) is 0 Å². The fraction of sp³-hybridized carbons (Fsp3) is 0.250. The van der Waals surface area contributed by atoms with Gasteiger partial charge in [0.15, 0.2) is 0 Å². The van der Waals surface area contributed by atoms with Crippen LogP contribution >= 0.6 is 0 Å². The lowest BCUT2D eigenvalue weighted by atomic mass is 10.1. The van der Waals surface area contributed by atoms with Gasteiger partial charge >= 0.3 is 0 Å². The molecular weight excluding hydrogens is 234 g/mol. The van der Waals surface area contributed by atoms with Crippen LogP contribution in [0.4, 0.5) is 5.82 Å².